The third-order valence-corrected chi connectivity index (χ3v) is 1.54. The van der Waals surface area contributed by atoms with Crippen LogP contribution in [0.1, 0.15) is 10.5 Å². The molecule has 0 aromatic carbocycles. The predicted octanol–water partition coefficient (Wildman–Crippen LogP) is 2.03. The first-order valence-electron chi connectivity index (χ1n) is 3.35. The number of rotatable bonds is 3. The molecule has 0 aliphatic heterocycles. The second kappa shape index (κ2) is 4.19. The SMILES string of the molecule is O=C(O)c1nc(OC(F)F)ccc1Cl. The van der Waals surface area contributed by atoms with Crippen LogP contribution in [0.3, 0.4) is 0 Å². The summed E-state index contributed by atoms with van der Waals surface area (Å²) in [5.74, 6) is -1.89. The van der Waals surface area contributed by atoms with E-state index in [1.807, 2.05) is 0 Å². The van der Waals surface area contributed by atoms with Crippen LogP contribution in [0.15, 0.2) is 12.1 Å². The van der Waals surface area contributed by atoms with Crippen LogP contribution in [0, 0.1) is 0 Å². The number of hydrogen-bond acceptors (Lipinski definition) is 3. The Labute approximate surface area is 82.1 Å². The zero-order chi connectivity index (χ0) is 10.7. The predicted molar refractivity (Wildman–Crippen MR) is 42.8 cm³/mol. The molecule has 0 fully saturated rings. The molecule has 1 heterocycles. The van der Waals surface area contributed by atoms with E-state index in [0.29, 0.717) is 0 Å². The monoisotopic (exact) mass is 223 g/mol. The summed E-state index contributed by atoms with van der Waals surface area (Å²) in [4.78, 5) is 13.7. The van der Waals surface area contributed by atoms with E-state index in [4.69, 9.17) is 16.7 Å². The number of ether oxygens (including phenoxy) is 1. The quantitative estimate of drug-likeness (QED) is 0.852. The van der Waals surface area contributed by atoms with Crippen LogP contribution < -0.4 is 4.74 Å². The van der Waals surface area contributed by atoms with Crippen LogP contribution in [-0.2, 0) is 0 Å². The molecule has 0 bridgehead atoms. The van der Waals surface area contributed by atoms with Gasteiger partial charge in [-0.15, -0.1) is 0 Å². The largest absolute Gasteiger partial charge is 0.476 e. The normalized spacial score (nSPS) is 10.3. The lowest BCUT2D eigenvalue weighted by Crippen LogP contribution is -2.07. The van der Waals surface area contributed by atoms with Crippen molar-refractivity contribution in [3.05, 3.63) is 22.8 Å². The smallest absolute Gasteiger partial charge is 0.388 e. The number of carbonyl (C=O) groups is 1. The lowest BCUT2D eigenvalue weighted by Gasteiger charge is -2.04. The molecule has 4 nitrogen and oxygen atoms in total. The Kier molecular flexibility index (Phi) is 3.19. The van der Waals surface area contributed by atoms with Gasteiger partial charge in [0.15, 0.2) is 5.69 Å². The molecule has 0 saturated carbocycles. The van der Waals surface area contributed by atoms with Crippen molar-refractivity contribution in [3.8, 4) is 5.88 Å². The second-order valence-corrected chi connectivity index (χ2v) is 2.57. The minimum absolute atomic E-state index is 0.140. The van der Waals surface area contributed by atoms with Crippen LogP contribution in [0.4, 0.5) is 8.78 Å². The maximum absolute atomic E-state index is 11.7. The lowest BCUT2D eigenvalue weighted by molar-refractivity contribution is -0.0530. The van der Waals surface area contributed by atoms with Crippen molar-refractivity contribution < 1.29 is 23.4 Å². The highest BCUT2D eigenvalue weighted by Gasteiger charge is 2.13. The van der Waals surface area contributed by atoms with E-state index in [1.165, 1.54) is 0 Å². The van der Waals surface area contributed by atoms with E-state index in [-0.39, 0.29) is 5.02 Å². The molecular weight excluding hydrogens is 220 g/mol. The summed E-state index contributed by atoms with van der Waals surface area (Å²) in [6.07, 6.45) is 0. The molecule has 76 valence electrons. The molecule has 0 amide bonds. The number of nitrogens with zero attached hydrogens (tertiary/aromatic N) is 1. The fourth-order valence-corrected chi connectivity index (χ4v) is 0.917. The van der Waals surface area contributed by atoms with Gasteiger partial charge in [0.1, 0.15) is 0 Å². The summed E-state index contributed by atoms with van der Waals surface area (Å²) >= 11 is 5.44. The Morgan fingerprint density at radius 1 is 1.57 bits per heavy atom. The lowest BCUT2D eigenvalue weighted by atomic mass is 10.3. The van der Waals surface area contributed by atoms with Crippen molar-refractivity contribution in [2.24, 2.45) is 0 Å². The molecule has 1 aromatic rings. The topological polar surface area (TPSA) is 59.4 Å². The van der Waals surface area contributed by atoms with Crippen molar-refractivity contribution in [1.29, 1.82) is 0 Å². The number of alkyl halides is 2. The van der Waals surface area contributed by atoms with Gasteiger partial charge in [0, 0.05) is 6.07 Å². The first kappa shape index (κ1) is 10.6. The van der Waals surface area contributed by atoms with E-state index in [1.54, 1.807) is 0 Å². The summed E-state index contributed by atoms with van der Waals surface area (Å²) in [7, 11) is 0. The second-order valence-electron chi connectivity index (χ2n) is 2.16. The Hall–Kier alpha value is -1.43. The molecule has 1 rings (SSSR count). The fourth-order valence-electron chi connectivity index (χ4n) is 0.731. The van der Waals surface area contributed by atoms with Crippen molar-refractivity contribution in [3.63, 3.8) is 0 Å². The standard InChI is InChI=1S/C7H4ClF2NO3/c8-3-1-2-4(14-7(9)10)11-5(3)6(12)13/h1-2,7H,(H,12,13). The van der Waals surface area contributed by atoms with Crippen molar-refractivity contribution >= 4 is 17.6 Å². The van der Waals surface area contributed by atoms with Gasteiger partial charge in [-0.2, -0.15) is 8.78 Å². The molecule has 0 aliphatic carbocycles. The molecule has 7 heteroatoms. The highest BCUT2D eigenvalue weighted by atomic mass is 35.5. The Morgan fingerprint density at radius 3 is 2.71 bits per heavy atom. The van der Waals surface area contributed by atoms with Gasteiger partial charge in [0.2, 0.25) is 5.88 Å². The average molecular weight is 224 g/mol. The van der Waals surface area contributed by atoms with Gasteiger partial charge < -0.3 is 9.84 Å². The molecule has 0 saturated heterocycles. The highest BCUT2D eigenvalue weighted by Crippen LogP contribution is 2.19. The minimum atomic E-state index is -3.05. The molecule has 0 aliphatic rings. The Morgan fingerprint density at radius 2 is 2.21 bits per heavy atom. The number of pyridine rings is 1. The molecule has 0 unspecified atom stereocenters. The Balaban J connectivity index is 3.00. The minimum Gasteiger partial charge on any atom is -0.476 e. The van der Waals surface area contributed by atoms with Crippen LogP contribution >= 0.6 is 11.6 Å². The maximum atomic E-state index is 11.7. The van der Waals surface area contributed by atoms with E-state index >= 15 is 0 Å². The van der Waals surface area contributed by atoms with E-state index in [9.17, 15) is 13.6 Å². The van der Waals surface area contributed by atoms with Gasteiger partial charge in [0.05, 0.1) is 5.02 Å². The number of carboxylic acids is 1. The molecule has 14 heavy (non-hydrogen) atoms. The summed E-state index contributed by atoms with van der Waals surface area (Å²) in [5, 5.41) is 8.39. The van der Waals surface area contributed by atoms with Crippen molar-refractivity contribution in [1.82, 2.24) is 4.98 Å². The molecule has 1 N–H and O–H groups in total. The zero-order valence-corrected chi connectivity index (χ0v) is 7.33. The van der Waals surface area contributed by atoms with Gasteiger partial charge in [-0.3, -0.25) is 0 Å². The third-order valence-electron chi connectivity index (χ3n) is 1.23. The number of carboxylic acid groups (broad SMARTS) is 1. The first-order valence-corrected chi connectivity index (χ1v) is 3.73. The maximum Gasteiger partial charge on any atom is 0.388 e. The third kappa shape index (κ3) is 2.53. The molecule has 1 aromatic heterocycles. The highest BCUT2D eigenvalue weighted by molar-refractivity contribution is 6.33. The summed E-state index contributed by atoms with van der Waals surface area (Å²) in [5.41, 5.74) is -0.523. The van der Waals surface area contributed by atoms with Crippen molar-refractivity contribution in [2.75, 3.05) is 0 Å². The van der Waals surface area contributed by atoms with Crippen LogP contribution in [0.5, 0.6) is 5.88 Å². The van der Waals surface area contributed by atoms with Crippen LogP contribution in [0.25, 0.3) is 0 Å². The van der Waals surface area contributed by atoms with Gasteiger partial charge in [-0.25, -0.2) is 9.78 Å². The van der Waals surface area contributed by atoms with Crippen LogP contribution in [-0.4, -0.2) is 22.7 Å². The van der Waals surface area contributed by atoms with E-state index in [0.717, 1.165) is 12.1 Å². The molecule has 0 atom stereocenters. The fraction of sp³-hybridized carbons (Fsp3) is 0.143. The van der Waals surface area contributed by atoms with Crippen molar-refractivity contribution in [2.45, 2.75) is 6.61 Å². The average Bonchev–Trinajstić information content (AvgIpc) is 2.07. The first-order chi connectivity index (χ1) is 6.50. The van der Waals surface area contributed by atoms with Gasteiger partial charge in [-0.1, -0.05) is 11.6 Å². The number of hydrogen-bond donors (Lipinski definition) is 1. The van der Waals surface area contributed by atoms with Gasteiger partial charge >= 0.3 is 12.6 Å². The molecule has 0 spiro atoms. The zero-order valence-electron chi connectivity index (χ0n) is 6.58. The molecular formula is C7H4ClF2NO3. The van der Waals surface area contributed by atoms with Gasteiger partial charge in [0.25, 0.3) is 0 Å². The number of aromatic carboxylic acids is 1. The van der Waals surface area contributed by atoms with Gasteiger partial charge in [-0.05, 0) is 6.07 Å². The summed E-state index contributed by atoms with van der Waals surface area (Å²) in [6, 6.07) is 2.18. The molecule has 0 radical (unpaired) electrons. The number of aromatic nitrogens is 1. The Bertz CT molecular complexity index is 359. The summed E-state index contributed by atoms with van der Waals surface area (Å²) in [6.45, 7) is -3.05. The van der Waals surface area contributed by atoms with E-state index in [2.05, 4.69) is 9.72 Å². The van der Waals surface area contributed by atoms with Crippen LogP contribution in [0.2, 0.25) is 5.02 Å². The van der Waals surface area contributed by atoms with E-state index < -0.39 is 24.2 Å². The number of halogens is 3. The summed E-state index contributed by atoms with van der Waals surface area (Å²) < 4.78 is 27.3.